The Kier molecular flexibility index (Phi) is 10.8. The molecule has 4 aliphatic rings. The lowest BCUT2D eigenvalue weighted by molar-refractivity contribution is 0.520. The molecule has 6 aromatic carbocycles. The van der Waals surface area contributed by atoms with Crippen LogP contribution in [0.1, 0.15) is 70.1 Å². The molecule has 12 rings (SSSR count). The van der Waals surface area contributed by atoms with E-state index in [1.54, 1.807) is 0 Å². The first kappa shape index (κ1) is 44.1. The fourth-order valence-corrected chi connectivity index (χ4v) is 11.5. The van der Waals surface area contributed by atoms with Gasteiger partial charge in [0.05, 0.1) is 6.26 Å². The van der Waals surface area contributed by atoms with Gasteiger partial charge >= 0.3 is 0 Å². The van der Waals surface area contributed by atoms with E-state index in [1.165, 1.54) is 33.4 Å². The Bertz CT molecular complexity index is 3780. The highest BCUT2D eigenvalue weighted by molar-refractivity contribution is 6.11. The molecule has 0 saturated heterocycles. The molecule has 0 radical (unpaired) electrons. The van der Waals surface area contributed by atoms with Crippen molar-refractivity contribution in [3.05, 3.63) is 252 Å². The van der Waals surface area contributed by atoms with Crippen LogP contribution in [0.2, 0.25) is 0 Å². The normalized spacial score (nSPS) is 18.0. The molecule has 0 unspecified atom stereocenters. The van der Waals surface area contributed by atoms with Crippen LogP contribution in [0.3, 0.4) is 0 Å². The number of hydrogen-bond donors (Lipinski definition) is 0. The van der Waals surface area contributed by atoms with Crippen molar-refractivity contribution in [3.63, 3.8) is 0 Å². The van der Waals surface area contributed by atoms with Crippen molar-refractivity contribution >= 4 is 77.7 Å². The molecule has 0 fully saturated rings. The predicted molar refractivity (Wildman–Crippen MR) is 300 cm³/mol. The van der Waals surface area contributed by atoms with Crippen LogP contribution < -0.4 is 9.80 Å². The molecule has 4 heteroatoms. The number of para-hydroxylation sites is 2. The number of aryl methyl sites for hydroxylation is 1. The summed E-state index contributed by atoms with van der Waals surface area (Å²) >= 11 is 0. The Morgan fingerprint density at radius 1 is 0.549 bits per heavy atom. The first-order chi connectivity index (χ1) is 34.5. The summed E-state index contributed by atoms with van der Waals surface area (Å²) in [5.74, 6) is 0. The minimum atomic E-state index is -0.173. The van der Waals surface area contributed by atoms with Gasteiger partial charge in [0.25, 0.3) is 0 Å². The summed E-state index contributed by atoms with van der Waals surface area (Å²) in [7, 11) is 0. The second-order valence-corrected chi connectivity index (χ2v) is 20.5. The highest BCUT2D eigenvalue weighted by atomic mass is 16.3. The summed E-state index contributed by atoms with van der Waals surface area (Å²) in [5, 5.41) is 5.27. The monoisotopic (exact) mass is 922 g/mol. The number of allylic oxidation sites excluding steroid dienone is 14. The SMILES string of the molecule is C=C1/C=C(N(c2ccccc2)c2ccc3c(c2)oc2cc4cc(C)c5ccc(N(c6ccccc6)c6ccc7c(c6)C(C)(C)C6=C7C=CCC=C6)cc5occc4cc23)\C=C/CC2=C(CCC=C2)C1(C)C. The highest BCUT2D eigenvalue weighted by Crippen LogP contribution is 2.51. The molecular weight excluding hydrogens is 865 g/mol. The van der Waals surface area contributed by atoms with Crippen molar-refractivity contribution in [2.75, 3.05) is 9.80 Å². The standard InChI is InChI=1S/C67H58N2O2/c1-44-37-48-40-64-59(58-34-31-54(43-65(58)71-64)68(49-21-10-7-11-22-49)51-25-18-20-46-19-16-17-27-60(46)66(3,4)45(2)38-51)39-47(48)35-36-70-63-42-53(29-32-55(44)63)69(50-23-12-8-13-24-50)52-30-33-57-56-26-14-9-15-28-61(56)67(5,6)62(57)41-52/h7-8,10-16,18-19,21-26,28-43H,2,9,17,20,27H2,1,3-6H3/b25-18-,36-35?,44-37?,51-38+. The summed E-state index contributed by atoms with van der Waals surface area (Å²) < 4.78 is 13.5. The van der Waals surface area contributed by atoms with Gasteiger partial charge in [0.15, 0.2) is 0 Å². The van der Waals surface area contributed by atoms with E-state index in [9.17, 15) is 0 Å². The second-order valence-electron chi connectivity index (χ2n) is 20.5. The quantitative estimate of drug-likeness (QED) is 0.166. The lowest BCUT2D eigenvalue weighted by atomic mass is 9.72. The van der Waals surface area contributed by atoms with Crippen LogP contribution in [-0.2, 0) is 5.41 Å². The zero-order chi connectivity index (χ0) is 48.4. The van der Waals surface area contributed by atoms with Gasteiger partial charge in [-0.05, 0) is 173 Å². The Morgan fingerprint density at radius 2 is 1.24 bits per heavy atom. The highest BCUT2D eigenvalue weighted by Gasteiger charge is 2.37. The molecule has 0 bridgehead atoms. The van der Waals surface area contributed by atoms with Crippen LogP contribution in [-0.4, -0.2) is 0 Å². The fourth-order valence-electron chi connectivity index (χ4n) is 11.5. The van der Waals surface area contributed by atoms with Crippen LogP contribution in [0, 0.1) is 12.3 Å². The van der Waals surface area contributed by atoms with E-state index in [2.05, 4.69) is 239 Å². The van der Waals surface area contributed by atoms with Crippen LogP contribution in [0.5, 0.6) is 0 Å². The van der Waals surface area contributed by atoms with Crippen LogP contribution in [0.25, 0.3) is 49.3 Å². The predicted octanol–water partition coefficient (Wildman–Crippen LogP) is 19.2. The minimum Gasteiger partial charge on any atom is -0.464 e. The zero-order valence-electron chi connectivity index (χ0n) is 41.3. The minimum absolute atomic E-state index is 0.128. The van der Waals surface area contributed by atoms with Gasteiger partial charge in [0.1, 0.15) is 16.7 Å². The molecule has 0 atom stereocenters. The van der Waals surface area contributed by atoms with Crippen molar-refractivity contribution < 1.29 is 8.83 Å². The maximum absolute atomic E-state index is 6.83. The van der Waals surface area contributed by atoms with Crippen LogP contribution in [0.15, 0.2) is 244 Å². The number of fused-ring (bicyclic) bond motifs is 7. The maximum atomic E-state index is 6.83. The molecule has 348 valence electrons. The Morgan fingerprint density at radius 3 is 2.04 bits per heavy atom. The maximum Gasteiger partial charge on any atom is 0.137 e. The molecule has 2 aromatic heterocycles. The van der Waals surface area contributed by atoms with Gasteiger partial charge in [-0.3, -0.25) is 0 Å². The molecule has 0 spiro atoms. The first-order valence-electron chi connectivity index (χ1n) is 25.1. The summed E-state index contributed by atoms with van der Waals surface area (Å²) in [4.78, 5) is 4.67. The molecule has 71 heavy (non-hydrogen) atoms. The number of anilines is 5. The van der Waals surface area contributed by atoms with Crippen molar-refractivity contribution in [2.45, 2.75) is 65.7 Å². The summed E-state index contributed by atoms with van der Waals surface area (Å²) in [6.45, 7) is 16.2. The number of furan rings is 1. The van der Waals surface area contributed by atoms with E-state index in [4.69, 9.17) is 15.4 Å². The summed E-state index contributed by atoms with van der Waals surface area (Å²) in [5.41, 5.74) is 19.0. The van der Waals surface area contributed by atoms with Crippen molar-refractivity contribution in [1.29, 1.82) is 0 Å². The molecular formula is C67H58N2O2. The average Bonchev–Trinajstić information content (AvgIpc) is 3.71. The second kappa shape index (κ2) is 17.4. The zero-order valence-corrected chi connectivity index (χ0v) is 41.3. The van der Waals surface area contributed by atoms with Gasteiger partial charge < -0.3 is 18.6 Å². The molecule has 4 nitrogen and oxygen atoms in total. The molecule has 2 heterocycles. The number of benzene rings is 6. The molecule has 0 saturated carbocycles. The van der Waals surface area contributed by atoms with E-state index < -0.39 is 0 Å². The van der Waals surface area contributed by atoms with Gasteiger partial charge in [-0.1, -0.05) is 131 Å². The van der Waals surface area contributed by atoms with E-state index >= 15 is 0 Å². The molecule has 0 amide bonds. The molecule has 0 aliphatic heterocycles. The Balaban J connectivity index is 0.930. The van der Waals surface area contributed by atoms with Crippen LogP contribution in [0.4, 0.5) is 28.4 Å². The lowest BCUT2D eigenvalue weighted by Crippen LogP contribution is -2.21. The number of rotatable bonds is 6. The largest absolute Gasteiger partial charge is 0.464 e. The van der Waals surface area contributed by atoms with Gasteiger partial charge in [0, 0.05) is 73.3 Å². The summed E-state index contributed by atoms with van der Waals surface area (Å²) in [6.07, 6.45) is 26.5. The number of hydrogen-bond acceptors (Lipinski definition) is 4. The van der Waals surface area contributed by atoms with E-state index in [0.29, 0.717) is 0 Å². The van der Waals surface area contributed by atoms with Gasteiger partial charge in [-0.2, -0.15) is 0 Å². The third-order valence-electron chi connectivity index (χ3n) is 15.5. The van der Waals surface area contributed by atoms with Crippen molar-refractivity contribution in [3.8, 4) is 0 Å². The Hall–Kier alpha value is -8.08. The van der Waals surface area contributed by atoms with E-state index in [1.807, 2.05) is 6.26 Å². The lowest BCUT2D eigenvalue weighted by Gasteiger charge is -2.33. The average molecular weight is 923 g/mol. The van der Waals surface area contributed by atoms with E-state index in [0.717, 1.165) is 115 Å². The molecule has 8 aromatic rings. The van der Waals surface area contributed by atoms with Crippen molar-refractivity contribution in [1.82, 2.24) is 0 Å². The van der Waals surface area contributed by atoms with Gasteiger partial charge in [0.2, 0.25) is 0 Å². The van der Waals surface area contributed by atoms with Crippen molar-refractivity contribution in [2.24, 2.45) is 5.41 Å². The number of nitrogens with zero attached hydrogens (tertiary/aromatic N) is 2. The van der Waals surface area contributed by atoms with Gasteiger partial charge in [-0.25, -0.2) is 0 Å². The fraction of sp³-hybridized carbons (Fsp3) is 0.164. The van der Waals surface area contributed by atoms with Gasteiger partial charge in [-0.15, -0.1) is 0 Å². The third kappa shape index (κ3) is 7.70. The first-order valence-corrected chi connectivity index (χ1v) is 25.1. The molecule has 0 N–H and O–H groups in total. The Labute approximate surface area is 417 Å². The smallest absolute Gasteiger partial charge is 0.137 e. The summed E-state index contributed by atoms with van der Waals surface area (Å²) in [6, 6.07) is 50.1. The van der Waals surface area contributed by atoms with Crippen LogP contribution >= 0.6 is 0 Å². The molecule has 4 aliphatic carbocycles. The third-order valence-corrected chi connectivity index (χ3v) is 15.5. The van der Waals surface area contributed by atoms with E-state index in [-0.39, 0.29) is 10.8 Å². The topological polar surface area (TPSA) is 32.8 Å².